The summed E-state index contributed by atoms with van der Waals surface area (Å²) in [5.74, 6) is -3.21. The van der Waals surface area contributed by atoms with Gasteiger partial charge in [0.15, 0.2) is 0 Å². The van der Waals surface area contributed by atoms with E-state index in [1.165, 1.54) is 24.3 Å². The summed E-state index contributed by atoms with van der Waals surface area (Å²) in [6.45, 7) is 0. The fraction of sp³-hybridized carbons (Fsp3) is 0.250. The SMILES string of the molecule is O=C(O)CC(SCC(=O)Nc1ccc([As](O)O)cc1)C(=O)O. The molecule has 0 saturated carbocycles. The molecule has 0 aliphatic heterocycles. The van der Waals surface area contributed by atoms with E-state index in [4.69, 9.17) is 18.4 Å². The van der Waals surface area contributed by atoms with Crippen LogP contribution in [0.5, 0.6) is 0 Å². The third-order valence-electron chi connectivity index (χ3n) is 2.43. The standard InChI is InChI=1S/C12H14AsNO7S/c15-10(6-22-9(12(18)19)5-11(16)17)14-8-3-1-7(2-4-8)13(20)21/h1-4,9,20-21H,5-6H2,(H,14,15)(H,16,17)(H,18,19). The number of carboxylic acids is 2. The van der Waals surface area contributed by atoms with E-state index in [-0.39, 0.29) is 5.75 Å². The van der Waals surface area contributed by atoms with Crippen molar-refractivity contribution >= 4 is 55.0 Å². The zero-order valence-corrected chi connectivity index (χ0v) is 13.9. The van der Waals surface area contributed by atoms with E-state index >= 15 is 0 Å². The zero-order valence-electron chi connectivity index (χ0n) is 11.2. The van der Waals surface area contributed by atoms with Crippen molar-refractivity contribution in [1.29, 1.82) is 0 Å². The summed E-state index contributed by atoms with van der Waals surface area (Å²) in [6.07, 6.45) is -0.568. The first-order valence-corrected chi connectivity index (χ1v) is 9.60. The molecule has 0 saturated heterocycles. The van der Waals surface area contributed by atoms with E-state index in [1.54, 1.807) is 0 Å². The van der Waals surface area contributed by atoms with Crippen LogP contribution in [0.4, 0.5) is 5.69 Å². The molecule has 1 atom stereocenters. The second-order valence-electron chi connectivity index (χ2n) is 4.12. The summed E-state index contributed by atoms with van der Waals surface area (Å²) in [6, 6.07) is 5.95. The van der Waals surface area contributed by atoms with Gasteiger partial charge in [0.2, 0.25) is 0 Å². The van der Waals surface area contributed by atoms with Crippen molar-refractivity contribution in [2.24, 2.45) is 0 Å². The van der Waals surface area contributed by atoms with Crippen molar-refractivity contribution in [3.63, 3.8) is 0 Å². The molecular weight excluding hydrogens is 377 g/mol. The summed E-state index contributed by atoms with van der Waals surface area (Å²) in [5, 5.41) is 18.8. The number of carboxylic acid groups (broad SMARTS) is 2. The number of carbonyl (C=O) groups excluding carboxylic acids is 1. The molecule has 0 radical (unpaired) electrons. The normalized spacial score (nSPS) is 12.0. The second-order valence-corrected chi connectivity index (χ2v) is 7.61. The molecular formula is C12H14AsNO7S. The Morgan fingerprint density at radius 3 is 2.18 bits per heavy atom. The fourth-order valence-corrected chi connectivity index (χ4v) is 3.13. The van der Waals surface area contributed by atoms with Gasteiger partial charge in [0.1, 0.15) is 0 Å². The molecule has 1 aromatic carbocycles. The number of amides is 1. The summed E-state index contributed by atoms with van der Waals surface area (Å²) >= 11 is -2.21. The number of anilines is 1. The first-order chi connectivity index (χ1) is 10.3. The Labute approximate surface area is 135 Å². The van der Waals surface area contributed by atoms with Gasteiger partial charge in [-0.25, -0.2) is 0 Å². The van der Waals surface area contributed by atoms with Crippen molar-refractivity contribution in [3.8, 4) is 0 Å². The predicted octanol–water partition coefficient (Wildman–Crippen LogP) is -1.03. The van der Waals surface area contributed by atoms with E-state index in [2.05, 4.69) is 5.32 Å². The monoisotopic (exact) mass is 391 g/mol. The molecule has 0 aliphatic rings. The Morgan fingerprint density at radius 1 is 1.14 bits per heavy atom. The molecule has 5 N–H and O–H groups in total. The van der Waals surface area contributed by atoms with Gasteiger partial charge in [-0.1, -0.05) is 0 Å². The topological polar surface area (TPSA) is 144 Å². The average molecular weight is 391 g/mol. The molecule has 0 heterocycles. The molecule has 0 aliphatic carbocycles. The Hall–Kier alpha value is -1.54. The van der Waals surface area contributed by atoms with Crippen LogP contribution in [0.1, 0.15) is 6.42 Å². The molecule has 1 amide bonds. The van der Waals surface area contributed by atoms with Gasteiger partial charge in [0, 0.05) is 0 Å². The van der Waals surface area contributed by atoms with Gasteiger partial charge in [0.05, 0.1) is 0 Å². The first-order valence-electron chi connectivity index (χ1n) is 5.93. The van der Waals surface area contributed by atoms with Gasteiger partial charge in [0.25, 0.3) is 0 Å². The number of hydrogen-bond acceptors (Lipinski definition) is 6. The number of nitrogens with one attached hydrogen (secondary N) is 1. The van der Waals surface area contributed by atoms with Gasteiger partial charge < -0.3 is 0 Å². The van der Waals surface area contributed by atoms with Gasteiger partial charge in [-0.15, -0.1) is 0 Å². The van der Waals surface area contributed by atoms with E-state index in [0.717, 1.165) is 11.8 Å². The predicted molar refractivity (Wildman–Crippen MR) is 81.0 cm³/mol. The molecule has 0 fully saturated rings. The Kier molecular flexibility index (Phi) is 7.40. The van der Waals surface area contributed by atoms with Crippen LogP contribution in [0.2, 0.25) is 0 Å². The first kappa shape index (κ1) is 18.5. The second kappa shape index (κ2) is 8.79. The quantitative estimate of drug-likeness (QED) is 0.354. The maximum absolute atomic E-state index is 11.7. The maximum atomic E-state index is 11.7. The third kappa shape index (κ3) is 6.48. The number of benzene rings is 1. The van der Waals surface area contributed by atoms with Crippen LogP contribution in [0.25, 0.3) is 0 Å². The van der Waals surface area contributed by atoms with Gasteiger partial charge in [-0.2, -0.15) is 0 Å². The van der Waals surface area contributed by atoms with Crippen molar-refractivity contribution < 1.29 is 32.8 Å². The molecule has 1 aromatic rings. The van der Waals surface area contributed by atoms with E-state index in [9.17, 15) is 14.4 Å². The van der Waals surface area contributed by atoms with Gasteiger partial charge >= 0.3 is 135 Å². The fourth-order valence-electron chi connectivity index (χ4n) is 1.43. The molecule has 8 nitrogen and oxygen atoms in total. The minimum absolute atomic E-state index is 0.205. The Bertz CT molecular complexity index is 549. The molecule has 0 spiro atoms. The van der Waals surface area contributed by atoms with Crippen LogP contribution in [0.3, 0.4) is 0 Å². The van der Waals surface area contributed by atoms with Crippen molar-refractivity contribution in [1.82, 2.24) is 0 Å². The summed E-state index contributed by atoms with van der Waals surface area (Å²) in [4.78, 5) is 33.1. The minimum atomic E-state index is -2.94. The van der Waals surface area contributed by atoms with Crippen molar-refractivity contribution in [2.75, 3.05) is 11.1 Å². The molecule has 22 heavy (non-hydrogen) atoms. The summed E-state index contributed by atoms with van der Waals surface area (Å²) < 4.78 is 18.6. The molecule has 10 heteroatoms. The van der Waals surface area contributed by atoms with E-state index in [0.29, 0.717) is 10.0 Å². The summed E-state index contributed by atoms with van der Waals surface area (Å²) in [7, 11) is 0. The average Bonchev–Trinajstić information content (AvgIpc) is 2.43. The molecule has 0 aromatic heterocycles. The van der Waals surface area contributed by atoms with Crippen LogP contribution < -0.4 is 9.67 Å². The van der Waals surface area contributed by atoms with E-state index < -0.39 is 44.9 Å². The van der Waals surface area contributed by atoms with Gasteiger partial charge in [-0.05, 0) is 0 Å². The number of carbonyl (C=O) groups is 3. The van der Waals surface area contributed by atoms with E-state index in [1.807, 2.05) is 0 Å². The van der Waals surface area contributed by atoms with Crippen molar-refractivity contribution in [2.45, 2.75) is 11.7 Å². The number of aliphatic carboxylic acids is 2. The number of hydrogen-bond donors (Lipinski definition) is 5. The number of rotatable bonds is 8. The molecule has 120 valence electrons. The van der Waals surface area contributed by atoms with Crippen LogP contribution in [0, 0.1) is 0 Å². The van der Waals surface area contributed by atoms with Crippen LogP contribution in [-0.4, -0.2) is 62.6 Å². The van der Waals surface area contributed by atoms with Crippen LogP contribution in [-0.2, 0) is 14.4 Å². The van der Waals surface area contributed by atoms with Crippen molar-refractivity contribution in [3.05, 3.63) is 24.3 Å². The third-order valence-corrected chi connectivity index (χ3v) is 5.23. The molecule has 1 unspecified atom stereocenters. The summed E-state index contributed by atoms with van der Waals surface area (Å²) in [5.41, 5.74) is 0.426. The van der Waals surface area contributed by atoms with Gasteiger partial charge in [-0.3, -0.25) is 0 Å². The van der Waals surface area contributed by atoms with Crippen LogP contribution in [0.15, 0.2) is 24.3 Å². The Morgan fingerprint density at radius 2 is 1.73 bits per heavy atom. The zero-order chi connectivity index (χ0) is 16.7. The number of thioether (sulfide) groups is 1. The van der Waals surface area contributed by atoms with Crippen LogP contribution >= 0.6 is 11.8 Å². The molecule has 1 rings (SSSR count). The molecule has 0 bridgehead atoms. The Balaban J connectivity index is 2.51.